The predicted octanol–water partition coefficient (Wildman–Crippen LogP) is 1.67. The molecule has 4 nitrogen and oxygen atoms in total. The van der Waals surface area contributed by atoms with E-state index in [1.54, 1.807) is 20.2 Å². The van der Waals surface area contributed by atoms with Crippen LogP contribution in [-0.4, -0.2) is 19.3 Å². The summed E-state index contributed by atoms with van der Waals surface area (Å²) in [5, 5.41) is 12.3. The topological polar surface area (TPSA) is 53.5 Å². The number of nitrogens with one attached hydrogen (secondary N) is 2. The van der Waals surface area contributed by atoms with Gasteiger partial charge in [-0.3, -0.25) is 5.32 Å². The molecule has 1 atom stereocenters. The summed E-state index contributed by atoms with van der Waals surface area (Å²) in [6, 6.07) is 5.51. The standard InChI is InChI=1S/C9H13IN2O2/c1-11-9(13)6-3-7(12-10)5-8(4-6)14-2/h3-5,9,11-13H,1-2H3. The maximum absolute atomic E-state index is 9.57. The third kappa shape index (κ3) is 2.73. The first kappa shape index (κ1) is 11.5. The van der Waals surface area contributed by atoms with Crippen molar-refractivity contribution >= 4 is 28.6 Å². The zero-order valence-electron chi connectivity index (χ0n) is 8.04. The molecule has 5 heteroatoms. The smallest absolute Gasteiger partial charge is 0.131 e. The molecule has 3 N–H and O–H groups in total. The molecule has 0 saturated heterocycles. The maximum atomic E-state index is 9.57. The number of ether oxygens (including phenoxy) is 1. The van der Waals surface area contributed by atoms with Gasteiger partial charge in [0.1, 0.15) is 12.0 Å². The van der Waals surface area contributed by atoms with Crippen molar-refractivity contribution in [2.45, 2.75) is 6.23 Å². The summed E-state index contributed by atoms with van der Waals surface area (Å²) in [7, 11) is 3.29. The van der Waals surface area contributed by atoms with E-state index in [1.807, 2.05) is 35.0 Å². The number of halogens is 1. The van der Waals surface area contributed by atoms with Gasteiger partial charge < -0.3 is 13.4 Å². The van der Waals surface area contributed by atoms with E-state index < -0.39 is 6.23 Å². The van der Waals surface area contributed by atoms with E-state index in [1.165, 1.54) is 0 Å². The Hall–Kier alpha value is -0.530. The van der Waals surface area contributed by atoms with E-state index in [9.17, 15) is 5.11 Å². The van der Waals surface area contributed by atoms with Crippen LogP contribution in [-0.2, 0) is 0 Å². The van der Waals surface area contributed by atoms with Crippen molar-refractivity contribution < 1.29 is 9.84 Å². The van der Waals surface area contributed by atoms with Crippen LogP contribution >= 0.6 is 22.9 Å². The number of methoxy groups -OCH3 is 1. The molecule has 1 unspecified atom stereocenters. The van der Waals surface area contributed by atoms with Crippen molar-refractivity contribution in [3.63, 3.8) is 0 Å². The highest BCUT2D eigenvalue weighted by molar-refractivity contribution is 14.1. The summed E-state index contributed by atoms with van der Waals surface area (Å²) in [5.41, 5.74) is 1.67. The summed E-state index contributed by atoms with van der Waals surface area (Å²) in [4.78, 5) is 0. The second kappa shape index (κ2) is 5.38. The molecule has 0 aliphatic carbocycles. The van der Waals surface area contributed by atoms with E-state index in [0.29, 0.717) is 0 Å². The van der Waals surface area contributed by atoms with Crippen LogP contribution in [0.25, 0.3) is 0 Å². The first-order valence-electron chi connectivity index (χ1n) is 4.12. The Morgan fingerprint density at radius 2 is 2.14 bits per heavy atom. The number of hydrogen-bond donors (Lipinski definition) is 3. The van der Waals surface area contributed by atoms with Crippen LogP contribution < -0.4 is 13.6 Å². The molecule has 0 fully saturated rings. The Labute approximate surface area is 97.2 Å². The minimum atomic E-state index is -0.673. The Bertz CT molecular complexity index is 285. The molecule has 1 aromatic rings. The second-order valence-electron chi connectivity index (χ2n) is 2.78. The van der Waals surface area contributed by atoms with Crippen LogP contribution in [0, 0.1) is 0 Å². The quantitative estimate of drug-likeness (QED) is 0.450. The van der Waals surface area contributed by atoms with Gasteiger partial charge in [-0.25, -0.2) is 0 Å². The van der Waals surface area contributed by atoms with Gasteiger partial charge in [0.25, 0.3) is 0 Å². The first-order chi connectivity index (χ1) is 6.71. The van der Waals surface area contributed by atoms with E-state index in [-0.39, 0.29) is 0 Å². The minimum Gasteiger partial charge on any atom is -0.497 e. The fraction of sp³-hybridized carbons (Fsp3) is 0.333. The van der Waals surface area contributed by atoms with Gasteiger partial charge in [0.15, 0.2) is 0 Å². The normalized spacial score (nSPS) is 12.3. The Morgan fingerprint density at radius 3 is 2.64 bits per heavy atom. The summed E-state index contributed by atoms with van der Waals surface area (Å²) in [6.45, 7) is 0. The van der Waals surface area contributed by atoms with Gasteiger partial charge in [-0.15, -0.1) is 0 Å². The molecule has 0 aliphatic rings. The van der Waals surface area contributed by atoms with Gasteiger partial charge in [0.05, 0.1) is 30.0 Å². The summed E-state index contributed by atoms with van der Waals surface area (Å²) < 4.78 is 8.08. The predicted molar refractivity (Wildman–Crippen MR) is 64.7 cm³/mol. The molecule has 0 spiro atoms. The Kier molecular flexibility index (Phi) is 4.43. The monoisotopic (exact) mass is 308 g/mol. The second-order valence-corrected chi connectivity index (χ2v) is 3.32. The number of aliphatic hydroxyl groups is 1. The van der Waals surface area contributed by atoms with Crippen LogP contribution in [0.2, 0.25) is 0 Å². The van der Waals surface area contributed by atoms with Crippen molar-refractivity contribution in [2.24, 2.45) is 0 Å². The van der Waals surface area contributed by atoms with Crippen LogP contribution in [0.3, 0.4) is 0 Å². The van der Waals surface area contributed by atoms with E-state index >= 15 is 0 Å². The average molecular weight is 308 g/mol. The van der Waals surface area contributed by atoms with Gasteiger partial charge in [-0.1, -0.05) is 0 Å². The van der Waals surface area contributed by atoms with Gasteiger partial charge in [-0.05, 0) is 19.2 Å². The van der Waals surface area contributed by atoms with E-state index in [0.717, 1.165) is 17.0 Å². The highest BCUT2D eigenvalue weighted by atomic mass is 127. The van der Waals surface area contributed by atoms with Gasteiger partial charge >= 0.3 is 0 Å². The van der Waals surface area contributed by atoms with Gasteiger partial charge in [-0.2, -0.15) is 0 Å². The van der Waals surface area contributed by atoms with Gasteiger partial charge in [0, 0.05) is 17.3 Å². The minimum absolute atomic E-state index is 0.673. The van der Waals surface area contributed by atoms with Crippen molar-refractivity contribution in [1.82, 2.24) is 5.32 Å². The molecule has 0 aliphatic heterocycles. The Morgan fingerprint density at radius 1 is 1.43 bits per heavy atom. The zero-order chi connectivity index (χ0) is 10.6. The van der Waals surface area contributed by atoms with E-state index in [2.05, 4.69) is 8.85 Å². The van der Waals surface area contributed by atoms with Crippen LogP contribution in [0.5, 0.6) is 5.75 Å². The molecule has 0 aromatic heterocycles. The van der Waals surface area contributed by atoms with Crippen LogP contribution in [0.15, 0.2) is 18.2 Å². The molecule has 0 heterocycles. The lowest BCUT2D eigenvalue weighted by atomic mass is 10.1. The summed E-state index contributed by atoms with van der Waals surface area (Å²) in [5.74, 6) is 0.718. The number of hydrogen-bond acceptors (Lipinski definition) is 4. The fourth-order valence-corrected chi connectivity index (χ4v) is 1.43. The largest absolute Gasteiger partial charge is 0.497 e. The number of rotatable bonds is 4. The molecule has 0 amide bonds. The molecule has 14 heavy (non-hydrogen) atoms. The highest BCUT2D eigenvalue weighted by Gasteiger charge is 2.07. The van der Waals surface area contributed by atoms with Crippen LogP contribution in [0.1, 0.15) is 11.8 Å². The third-order valence-electron chi connectivity index (χ3n) is 1.86. The van der Waals surface area contributed by atoms with Gasteiger partial charge in [0.2, 0.25) is 0 Å². The summed E-state index contributed by atoms with van der Waals surface area (Å²) >= 11 is 2.03. The van der Waals surface area contributed by atoms with Crippen molar-refractivity contribution in [1.29, 1.82) is 0 Å². The molecule has 0 bridgehead atoms. The number of benzene rings is 1. The van der Waals surface area contributed by atoms with E-state index in [4.69, 9.17) is 4.74 Å². The maximum Gasteiger partial charge on any atom is 0.131 e. The van der Waals surface area contributed by atoms with Crippen molar-refractivity contribution in [3.05, 3.63) is 23.8 Å². The average Bonchev–Trinajstić information content (AvgIpc) is 2.27. The van der Waals surface area contributed by atoms with Crippen LogP contribution in [0.4, 0.5) is 5.69 Å². The highest BCUT2D eigenvalue weighted by Crippen LogP contribution is 2.24. The first-order valence-corrected chi connectivity index (χ1v) is 5.20. The molecule has 0 radical (unpaired) electrons. The lowest BCUT2D eigenvalue weighted by Gasteiger charge is -2.12. The third-order valence-corrected chi connectivity index (χ3v) is 2.49. The molecular weight excluding hydrogens is 295 g/mol. The Balaban J connectivity index is 3.04. The number of aliphatic hydroxyl groups excluding tert-OH is 1. The fourth-order valence-electron chi connectivity index (χ4n) is 1.12. The van der Waals surface area contributed by atoms with Crippen molar-refractivity contribution in [2.75, 3.05) is 17.7 Å². The molecule has 78 valence electrons. The molecule has 1 rings (SSSR count). The zero-order valence-corrected chi connectivity index (χ0v) is 10.2. The lowest BCUT2D eigenvalue weighted by Crippen LogP contribution is -2.15. The molecule has 0 saturated carbocycles. The lowest BCUT2D eigenvalue weighted by molar-refractivity contribution is 0.149. The molecular formula is C9H13IN2O2. The van der Waals surface area contributed by atoms with Crippen molar-refractivity contribution in [3.8, 4) is 5.75 Å². The summed E-state index contributed by atoms with van der Waals surface area (Å²) in [6.07, 6.45) is -0.673. The SMILES string of the molecule is CNC(O)c1cc(NI)cc(OC)c1. The number of anilines is 1. The molecule has 1 aromatic carbocycles.